The Kier molecular flexibility index (Phi) is 5.74. The summed E-state index contributed by atoms with van der Waals surface area (Å²) >= 11 is 12.1. The van der Waals surface area contributed by atoms with E-state index in [-0.39, 0.29) is 22.4 Å². The van der Waals surface area contributed by atoms with E-state index in [0.717, 1.165) is 19.3 Å². The van der Waals surface area contributed by atoms with Crippen LogP contribution in [0.25, 0.3) is 0 Å². The summed E-state index contributed by atoms with van der Waals surface area (Å²) in [5.74, 6) is 0.225. The first kappa shape index (κ1) is 18.3. The van der Waals surface area contributed by atoms with Crippen LogP contribution in [0.5, 0.6) is 0 Å². The molecule has 1 aromatic rings. The third-order valence-electron chi connectivity index (χ3n) is 5.42. The van der Waals surface area contributed by atoms with Gasteiger partial charge >= 0.3 is 6.09 Å². The number of carbonyl (C=O) groups is 2. The van der Waals surface area contributed by atoms with Gasteiger partial charge in [0.1, 0.15) is 6.17 Å². The molecule has 0 radical (unpaired) electrons. The molecule has 7 heteroatoms. The van der Waals surface area contributed by atoms with E-state index in [1.807, 2.05) is 0 Å². The molecule has 1 saturated carbocycles. The Hall–Kier alpha value is -1.46. The highest BCUT2D eigenvalue weighted by molar-refractivity contribution is 6.43. The predicted molar refractivity (Wildman–Crippen MR) is 97.1 cm³/mol. The number of hydrogen-bond acceptors (Lipinski definition) is 2. The van der Waals surface area contributed by atoms with Crippen LogP contribution in [0.15, 0.2) is 18.2 Å². The maximum Gasteiger partial charge on any atom is 0.408 e. The van der Waals surface area contributed by atoms with Gasteiger partial charge in [0, 0.05) is 12.5 Å². The Morgan fingerprint density at radius 3 is 2.52 bits per heavy atom. The molecule has 5 nitrogen and oxygen atoms in total. The number of rotatable bonds is 3. The molecule has 2 aliphatic rings. The van der Waals surface area contributed by atoms with E-state index < -0.39 is 12.3 Å². The number of nitrogens with zero attached hydrogens (tertiary/aromatic N) is 1. The van der Waals surface area contributed by atoms with Gasteiger partial charge in [0.05, 0.1) is 15.6 Å². The van der Waals surface area contributed by atoms with Gasteiger partial charge in [-0.1, -0.05) is 61.4 Å². The second kappa shape index (κ2) is 7.83. The van der Waals surface area contributed by atoms with Crippen molar-refractivity contribution in [3.8, 4) is 0 Å². The van der Waals surface area contributed by atoms with E-state index >= 15 is 0 Å². The van der Waals surface area contributed by atoms with Crippen LogP contribution in [0, 0.1) is 11.8 Å². The molecular formula is C18H22Cl2N2O3. The summed E-state index contributed by atoms with van der Waals surface area (Å²) in [6.07, 6.45) is 5.06. The van der Waals surface area contributed by atoms with Gasteiger partial charge in [-0.3, -0.25) is 9.69 Å². The minimum absolute atomic E-state index is 0.151. The average molecular weight is 385 g/mol. The van der Waals surface area contributed by atoms with E-state index in [4.69, 9.17) is 23.2 Å². The van der Waals surface area contributed by atoms with Crippen molar-refractivity contribution >= 4 is 35.2 Å². The molecule has 1 saturated heterocycles. The van der Waals surface area contributed by atoms with Crippen LogP contribution in [0.3, 0.4) is 0 Å². The van der Waals surface area contributed by atoms with E-state index in [1.54, 1.807) is 18.2 Å². The summed E-state index contributed by atoms with van der Waals surface area (Å²) in [5.41, 5.74) is 0.272. The number of carboxylic acid groups (broad SMARTS) is 1. The first-order valence-corrected chi connectivity index (χ1v) is 9.49. The van der Waals surface area contributed by atoms with Crippen LogP contribution in [0.2, 0.25) is 10.0 Å². The zero-order valence-corrected chi connectivity index (χ0v) is 15.4. The van der Waals surface area contributed by atoms with Crippen LogP contribution < -0.4 is 5.32 Å². The molecule has 2 N–H and O–H groups in total. The van der Waals surface area contributed by atoms with Crippen molar-refractivity contribution in [3.05, 3.63) is 33.8 Å². The van der Waals surface area contributed by atoms with Crippen molar-refractivity contribution in [2.24, 2.45) is 11.8 Å². The maximum atomic E-state index is 12.7. The lowest BCUT2D eigenvalue weighted by molar-refractivity contribution is 0.0792. The van der Waals surface area contributed by atoms with Crippen LogP contribution in [-0.4, -0.2) is 34.7 Å². The third kappa shape index (κ3) is 3.87. The number of nitrogens with one attached hydrogen (secondary N) is 1. The summed E-state index contributed by atoms with van der Waals surface area (Å²) in [6, 6.07) is 4.87. The topological polar surface area (TPSA) is 69.6 Å². The van der Waals surface area contributed by atoms with E-state index in [2.05, 4.69) is 5.32 Å². The van der Waals surface area contributed by atoms with Crippen molar-refractivity contribution in [1.82, 2.24) is 10.2 Å². The Labute approximate surface area is 157 Å². The zero-order chi connectivity index (χ0) is 18.0. The molecule has 136 valence electrons. The number of likely N-dealkylation sites (tertiary alicyclic amines) is 1. The lowest BCUT2D eigenvalue weighted by Gasteiger charge is -2.34. The first-order valence-electron chi connectivity index (χ1n) is 8.73. The summed E-state index contributed by atoms with van der Waals surface area (Å²) in [5, 5.41) is 12.9. The monoisotopic (exact) mass is 384 g/mol. The Balaban J connectivity index is 1.80. The molecule has 0 spiro atoms. The van der Waals surface area contributed by atoms with Crippen LogP contribution in [-0.2, 0) is 0 Å². The smallest absolute Gasteiger partial charge is 0.408 e. The Morgan fingerprint density at radius 1 is 1.12 bits per heavy atom. The van der Waals surface area contributed by atoms with Crippen LogP contribution in [0.1, 0.15) is 48.9 Å². The average Bonchev–Trinajstić information content (AvgIpc) is 3.01. The molecule has 1 aliphatic heterocycles. The van der Waals surface area contributed by atoms with E-state index in [1.165, 1.54) is 24.2 Å². The summed E-state index contributed by atoms with van der Waals surface area (Å²) in [4.78, 5) is 25.6. The summed E-state index contributed by atoms with van der Waals surface area (Å²) in [6.45, 7) is 0.449. The second-order valence-corrected chi connectivity index (χ2v) is 7.63. The molecule has 1 aliphatic carbocycles. The number of amides is 2. The zero-order valence-electron chi connectivity index (χ0n) is 13.9. The fourth-order valence-corrected chi connectivity index (χ4v) is 4.55. The van der Waals surface area contributed by atoms with Gasteiger partial charge in [-0.25, -0.2) is 4.79 Å². The Bertz CT molecular complexity index is 662. The molecule has 0 aromatic heterocycles. The maximum absolute atomic E-state index is 12.7. The van der Waals surface area contributed by atoms with Crippen LogP contribution in [0.4, 0.5) is 4.79 Å². The molecule has 25 heavy (non-hydrogen) atoms. The molecule has 1 unspecified atom stereocenters. The quantitative estimate of drug-likeness (QED) is 0.797. The molecule has 2 amide bonds. The van der Waals surface area contributed by atoms with Crippen molar-refractivity contribution in [2.45, 2.75) is 44.7 Å². The fraction of sp³-hybridized carbons (Fsp3) is 0.556. The molecule has 1 aromatic carbocycles. The number of carbonyl (C=O) groups excluding carboxylic acids is 1. The van der Waals surface area contributed by atoms with Crippen molar-refractivity contribution in [2.75, 3.05) is 6.54 Å². The lowest BCUT2D eigenvalue weighted by Crippen LogP contribution is -2.51. The van der Waals surface area contributed by atoms with Gasteiger partial charge in [0.25, 0.3) is 5.91 Å². The molecule has 1 heterocycles. The largest absolute Gasteiger partial charge is 0.465 e. The first-order chi connectivity index (χ1) is 12.0. The summed E-state index contributed by atoms with van der Waals surface area (Å²) < 4.78 is 0. The van der Waals surface area contributed by atoms with Gasteiger partial charge in [-0.2, -0.15) is 0 Å². The molecule has 0 bridgehead atoms. The molecular weight excluding hydrogens is 363 g/mol. The van der Waals surface area contributed by atoms with Crippen molar-refractivity contribution in [1.29, 1.82) is 0 Å². The Morgan fingerprint density at radius 2 is 1.84 bits per heavy atom. The highest BCUT2D eigenvalue weighted by Crippen LogP contribution is 2.38. The van der Waals surface area contributed by atoms with Crippen molar-refractivity contribution < 1.29 is 14.7 Å². The van der Waals surface area contributed by atoms with Gasteiger partial charge in [0.2, 0.25) is 0 Å². The van der Waals surface area contributed by atoms with Gasteiger partial charge < -0.3 is 10.4 Å². The predicted octanol–water partition coefficient (Wildman–Crippen LogP) is 4.63. The number of halogens is 2. The van der Waals surface area contributed by atoms with E-state index in [9.17, 15) is 14.7 Å². The van der Waals surface area contributed by atoms with Gasteiger partial charge in [-0.15, -0.1) is 0 Å². The normalized spacial score (nSPS) is 24.3. The van der Waals surface area contributed by atoms with Gasteiger partial charge in [0.15, 0.2) is 0 Å². The van der Waals surface area contributed by atoms with E-state index in [0.29, 0.717) is 17.5 Å². The molecule has 2 fully saturated rings. The highest BCUT2D eigenvalue weighted by atomic mass is 35.5. The summed E-state index contributed by atoms with van der Waals surface area (Å²) in [7, 11) is 0. The SMILES string of the molecule is O=C(NC1[C@H](C2CCCCC2)CCN1C(=O)O)c1cccc(Cl)c1Cl. The molecule has 3 rings (SSSR count). The minimum Gasteiger partial charge on any atom is -0.465 e. The lowest BCUT2D eigenvalue weighted by atomic mass is 9.78. The van der Waals surface area contributed by atoms with Crippen LogP contribution >= 0.6 is 23.2 Å². The number of hydrogen-bond donors (Lipinski definition) is 2. The third-order valence-corrected chi connectivity index (χ3v) is 6.24. The molecule has 2 atom stereocenters. The minimum atomic E-state index is -0.999. The highest BCUT2D eigenvalue weighted by Gasteiger charge is 2.42. The fourth-order valence-electron chi connectivity index (χ4n) is 4.16. The van der Waals surface area contributed by atoms with Crippen molar-refractivity contribution in [3.63, 3.8) is 0 Å². The standard InChI is InChI=1S/C18H22Cl2N2O3/c19-14-8-4-7-13(15(14)20)17(23)21-16-12(9-10-22(16)18(24)25)11-5-2-1-3-6-11/h4,7-8,11-12,16H,1-3,5-6,9-10H2,(H,21,23)(H,24,25)/t12-,16?/m0/s1. The number of benzene rings is 1. The second-order valence-electron chi connectivity index (χ2n) is 6.85. The van der Waals surface area contributed by atoms with Gasteiger partial charge in [-0.05, 0) is 24.5 Å².